The zero-order valence-electron chi connectivity index (χ0n) is 14.0. The largest absolute Gasteiger partial charge is 0.493 e. The van der Waals surface area contributed by atoms with Crippen molar-refractivity contribution in [2.45, 2.75) is 19.4 Å². The number of methoxy groups -OCH3 is 1. The van der Waals surface area contributed by atoms with Crippen LogP contribution in [0, 0.1) is 12.3 Å². The Balaban J connectivity index is 1.84. The molecule has 0 aliphatic carbocycles. The van der Waals surface area contributed by atoms with Crippen molar-refractivity contribution in [3.05, 3.63) is 58.1 Å². The van der Waals surface area contributed by atoms with E-state index in [1.54, 1.807) is 7.11 Å². The SMILES string of the molecule is C#CCOc1ccc(CCC(=O)NCc2ccc(Br)cc2)cc1OC. The topological polar surface area (TPSA) is 47.6 Å². The van der Waals surface area contributed by atoms with Gasteiger partial charge in [0.2, 0.25) is 5.91 Å². The molecule has 25 heavy (non-hydrogen) atoms. The van der Waals surface area contributed by atoms with E-state index in [2.05, 4.69) is 27.2 Å². The minimum absolute atomic E-state index is 0.00884. The second-order valence-corrected chi connectivity index (χ2v) is 6.30. The molecule has 0 saturated heterocycles. The molecular formula is C20H20BrNO3. The van der Waals surface area contributed by atoms with Crippen LogP contribution in [0.4, 0.5) is 0 Å². The molecule has 2 aromatic carbocycles. The first kappa shape index (κ1) is 18.9. The summed E-state index contributed by atoms with van der Waals surface area (Å²) in [6.07, 6.45) is 6.22. The Kier molecular flexibility index (Phi) is 7.36. The molecule has 0 fully saturated rings. The van der Waals surface area contributed by atoms with Crippen molar-refractivity contribution in [1.82, 2.24) is 5.32 Å². The lowest BCUT2D eigenvalue weighted by atomic mass is 10.1. The van der Waals surface area contributed by atoms with E-state index < -0.39 is 0 Å². The Labute approximate surface area is 156 Å². The summed E-state index contributed by atoms with van der Waals surface area (Å²) >= 11 is 3.39. The summed E-state index contributed by atoms with van der Waals surface area (Å²) in [5, 5.41) is 2.92. The fourth-order valence-electron chi connectivity index (χ4n) is 2.26. The summed E-state index contributed by atoms with van der Waals surface area (Å²) in [6.45, 7) is 0.711. The van der Waals surface area contributed by atoms with Crippen molar-refractivity contribution in [3.63, 3.8) is 0 Å². The van der Waals surface area contributed by atoms with Gasteiger partial charge in [-0.1, -0.05) is 40.0 Å². The normalized spacial score (nSPS) is 9.96. The molecule has 130 valence electrons. The number of carbonyl (C=O) groups is 1. The number of hydrogen-bond acceptors (Lipinski definition) is 3. The highest BCUT2D eigenvalue weighted by atomic mass is 79.9. The van der Waals surface area contributed by atoms with Gasteiger partial charge in [0, 0.05) is 17.4 Å². The Morgan fingerprint density at radius 3 is 2.56 bits per heavy atom. The zero-order valence-corrected chi connectivity index (χ0v) is 15.6. The average Bonchev–Trinajstić information content (AvgIpc) is 2.64. The molecule has 2 rings (SSSR count). The fraction of sp³-hybridized carbons (Fsp3) is 0.250. The van der Waals surface area contributed by atoms with Gasteiger partial charge in [0.25, 0.3) is 0 Å². The molecule has 1 amide bonds. The van der Waals surface area contributed by atoms with E-state index in [9.17, 15) is 4.79 Å². The zero-order chi connectivity index (χ0) is 18.1. The Morgan fingerprint density at radius 2 is 1.88 bits per heavy atom. The molecule has 5 heteroatoms. The highest BCUT2D eigenvalue weighted by molar-refractivity contribution is 9.10. The van der Waals surface area contributed by atoms with Crippen molar-refractivity contribution in [2.24, 2.45) is 0 Å². The molecule has 2 aromatic rings. The van der Waals surface area contributed by atoms with E-state index in [1.807, 2.05) is 42.5 Å². The van der Waals surface area contributed by atoms with Crippen LogP contribution in [-0.2, 0) is 17.8 Å². The summed E-state index contributed by atoms with van der Waals surface area (Å²) in [4.78, 5) is 12.0. The monoisotopic (exact) mass is 401 g/mol. The highest BCUT2D eigenvalue weighted by Crippen LogP contribution is 2.28. The Bertz CT molecular complexity index is 751. The van der Waals surface area contributed by atoms with E-state index >= 15 is 0 Å². The third kappa shape index (κ3) is 6.17. The molecule has 0 radical (unpaired) electrons. The van der Waals surface area contributed by atoms with Crippen LogP contribution < -0.4 is 14.8 Å². The highest BCUT2D eigenvalue weighted by Gasteiger charge is 2.08. The second kappa shape index (κ2) is 9.75. The molecule has 0 aliphatic heterocycles. The number of hydrogen-bond donors (Lipinski definition) is 1. The van der Waals surface area contributed by atoms with Gasteiger partial charge in [0.1, 0.15) is 6.61 Å². The van der Waals surface area contributed by atoms with Crippen LogP contribution in [-0.4, -0.2) is 19.6 Å². The minimum atomic E-state index is 0.00884. The predicted octanol–water partition coefficient (Wildman–Crippen LogP) is 3.72. The van der Waals surface area contributed by atoms with Crippen LogP contribution in [0.5, 0.6) is 11.5 Å². The maximum atomic E-state index is 12.0. The molecule has 0 aliphatic rings. The molecule has 0 unspecified atom stereocenters. The minimum Gasteiger partial charge on any atom is -0.493 e. The van der Waals surface area contributed by atoms with Crippen LogP contribution in [0.2, 0.25) is 0 Å². The van der Waals surface area contributed by atoms with Crippen LogP contribution in [0.15, 0.2) is 46.9 Å². The third-order valence-corrected chi connectivity index (χ3v) is 4.11. The molecule has 0 bridgehead atoms. The molecule has 4 nitrogen and oxygen atoms in total. The van der Waals surface area contributed by atoms with Gasteiger partial charge >= 0.3 is 0 Å². The van der Waals surface area contributed by atoms with E-state index in [-0.39, 0.29) is 12.5 Å². The summed E-state index contributed by atoms with van der Waals surface area (Å²) in [7, 11) is 1.58. The van der Waals surface area contributed by atoms with Gasteiger partial charge in [-0.25, -0.2) is 0 Å². The summed E-state index contributed by atoms with van der Waals surface area (Å²) in [5.41, 5.74) is 2.07. The summed E-state index contributed by atoms with van der Waals surface area (Å²) in [5.74, 6) is 3.64. The molecule has 0 heterocycles. The number of rotatable bonds is 8. The van der Waals surface area contributed by atoms with Gasteiger partial charge in [-0.2, -0.15) is 0 Å². The fourth-order valence-corrected chi connectivity index (χ4v) is 2.52. The first-order valence-corrected chi connectivity index (χ1v) is 8.66. The van der Waals surface area contributed by atoms with Crippen molar-refractivity contribution >= 4 is 21.8 Å². The number of ether oxygens (including phenoxy) is 2. The van der Waals surface area contributed by atoms with E-state index in [0.29, 0.717) is 30.9 Å². The molecule has 0 saturated carbocycles. The van der Waals surface area contributed by atoms with Crippen LogP contribution >= 0.6 is 15.9 Å². The third-order valence-electron chi connectivity index (χ3n) is 3.58. The molecule has 1 N–H and O–H groups in total. The van der Waals surface area contributed by atoms with E-state index in [4.69, 9.17) is 15.9 Å². The lowest BCUT2D eigenvalue weighted by Gasteiger charge is -2.11. The van der Waals surface area contributed by atoms with Gasteiger partial charge in [-0.3, -0.25) is 4.79 Å². The van der Waals surface area contributed by atoms with Gasteiger partial charge in [-0.05, 0) is 41.8 Å². The van der Waals surface area contributed by atoms with Crippen molar-refractivity contribution in [3.8, 4) is 23.8 Å². The lowest BCUT2D eigenvalue weighted by molar-refractivity contribution is -0.121. The number of benzene rings is 2. The lowest BCUT2D eigenvalue weighted by Crippen LogP contribution is -2.22. The number of aryl methyl sites for hydroxylation is 1. The molecule has 0 aromatic heterocycles. The summed E-state index contributed by atoms with van der Waals surface area (Å²) in [6, 6.07) is 13.5. The van der Waals surface area contributed by atoms with Crippen molar-refractivity contribution < 1.29 is 14.3 Å². The molecule has 0 atom stereocenters. The van der Waals surface area contributed by atoms with E-state index in [0.717, 1.165) is 15.6 Å². The van der Waals surface area contributed by atoms with Crippen LogP contribution in [0.1, 0.15) is 17.5 Å². The number of amides is 1. The Morgan fingerprint density at radius 1 is 1.16 bits per heavy atom. The van der Waals surface area contributed by atoms with Gasteiger partial charge < -0.3 is 14.8 Å². The number of halogens is 1. The van der Waals surface area contributed by atoms with Gasteiger partial charge in [0.15, 0.2) is 11.5 Å². The standard InChI is InChI=1S/C20H20BrNO3/c1-3-12-25-18-10-6-15(13-19(18)24-2)7-11-20(23)22-14-16-4-8-17(21)9-5-16/h1,4-6,8-10,13H,7,11-12,14H2,2H3,(H,22,23). The van der Waals surface area contributed by atoms with E-state index in [1.165, 1.54) is 0 Å². The van der Waals surface area contributed by atoms with Gasteiger partial charge in [0.05, 0.1) is 7.11 Å². The molecule has 0 spiro atoms. The predicted molar refractivity (Wildman–Crippen MR) is 102 cm³/mol. The maximum absolute atomic E-state index is 12.0. The molecular weight excluding hydrogens is 382 g/mol. The van der Waals surface area contributed by atoms with Crippen molar-refractivity contribution in [2.75, 3.05) is 13.7 Å². The first-order valence-electron chi connectivity index (χ1n) is 7.86. The number of terminal acetylenes is 1. The van der Waals surface area contributed by atoms with Crippen LogP contribution in [0.25, 0.3) is 0 Å². The number of nitrogens with one attached hydrogen (secondary N) is 1. The Hall–Kier alpha value is -2.45. The smallest absolute Gasteiger partial charge is 0.220 e. The van der Waals surface area contributed by atoms with Crippen molar-refractivity contribution in [1.29, 1.82) is 0 Å². The summed E-state index contributed by atoms with van der Waals surface area (Å²) < 4.78 is 11.7. The van der Waals surface area contributed by atoms with Gasteiger partial charge in [-0.15, -0.1) is 6.42 Å². The van der Waals surface area contributed by atoms with Crippen LogP contribution in [0.3, 0.4) is 0 Å². The number of carbonyl (C=O) groups excluding carboxylic acids is 1. The first-order chi connectivity index (χ1) is 12.1. The maximum Gasteiger partial charge on any atom is 0.220 e. The average molecular weight is 402 g/mol. The second-order valence-electron chi connectivity index (χ2n) is 5.38. The quantitative estimate of drug-likeness (QED) is 0.685.